The molecule has 0 aliphatic carbocycles. The van der Waals surface area contributed by atoms with Crippen LogP contribution in [0.5, 0.6) is 0 Å². The lowest BCUT2D eigenvalue weighted by Crippen LogP contribution is -2.32. The van der Waals surface area contributed by atoms with Gasteiger partial charge in [-0.2, -0.15) is 8.42 Å². The molecule has 1 aromatic rings. The van der Waals surface area contributed by atoms with E-state index in [-0.39, 0.29) is 6.54 Å². The third-order valence-electron chi connectivity index (χ3n) is 2.52. The second-order valence-electron chi connectivity index (χ2n) is 3.80. The standard InChI is InChI=1S/C11H18N2O3S/c1-2-9-5-3-4-6-10(9)11(14)7-8-13-17(12,15)16/h3-6,11,13-14H,2,7-8H2,1H3,(H2,12,15,16). The SMILES string of the molecule is CCc1ccccc1C(O)CCNS(N)(=O)=O. The van der Waals surface area contributed by atoms with Crippen LogP contribution in [0, 0.1) is 0 Å². The molecule has 0 heterocycles. The summed E-state index contributed by atoms with van der Waals surface area (Å²) in [6.07, 6.45) is 0.448. The molecule has 0 radical (unpaired) electrons. The Hall–Kier alpha value is -0.950. The monoisotopic (exact) mass is 258 g/mol. The van der Waals surface area contributed by atoms with Crippen molar-refractivity contribution in [2.24, 2.45) is 5.14 Å². The minimum atomic E-state index is -3.68. The average molecular weight is 258 g/mol. The number of nitrogens with two attached hydrogens (primary N) is 1. The number of hydrogen-bond acceptors (Lipinski definition) is 3. The topological polar surface area (TPSA) is 92.4 Å². The molecule has 17 heavy (non-hydrogen) atoms. The molecule has 5 nitrogen and oxygen atoms in total. The van der Waals surface area contributed by atoms with Crippen molar-refractivity contribution in [1.29, 1.82) is 0 Å². The quantitative estimate of drug-likeness (QED) is 0.692. The maximum absolute atomic E-state index is 10.7. The molecule has 0 bridgehead atoms. The van der Waals surface area contributed by atoms with Gasteiger partial charge < -0.3 is 5.11 Å². The highest BCUT2D eigenvalue weighted by molar-refractivity contribution is 7.87. The van der Waals surface area contributed by atoms with Gasteiger partial charge in [-0.15, -0.1) is 0 Å². The molecular weight excluding hydrogens is 240 g/mol. The molecule has 6 heteroatoms. The van der Waals surface area contributed by atoms with Crippen LogP contribution in [0.4, 0.5) is 0 Å². The normalized spacial score (nSPS) is 13.6. The van der Waals surface area contributed by atoms with E-state index >= 15 is 0 Å². The molecule has 0 aliphatic heterocycles. The fourth-order valence-corrected chi connectivity index (χ4v) is 2.08. The van der Waals surface area contributed by atoms with Gasteiger partial charge in [0.15, 0.2) is 0 Å². The van der Waals surface area contributed by atoms with Gasteiger partial charge in [-0.1, -0.05) is 31.2 Å². The third kappa shape index (κ3) is 4.82. The predicted molar refractivity (Wildman–Crippen MR) is 66.5 cm³/mol. The van der Waals surface area contributed by atoms with Crippen LogP contribution in [0.3, 0.4) is 0 Å². The molecule has 1 unspecified atom stereocenters. The van der Waals surface area contributed by atoms with Crippen molar-refractivity contribution in [3.63, 3.8) is 0 Å². The molecule has 0 aromatic heterocycles. The Kier molecular flexibility index (Phi) is 5.07. The Morgan fingerprint density at radius 1 is 1.41 bits per heavy atom. The Labute approximate surface area is 102 Å². The molecule has 96 valence electrons. The van der Waals surface area contributed by atoms with Crippen molar-refractivity contribution in [2.75, 3.05) is 6.54 Å². The fraction of sp³-hybridized carbons (Fsp3) is 0.455. The summed E-state index contributed by atoms with van der Waals surface area (Å²) in [6.45, 7) is 2.13. The minimum Gasteiger partial charge on any atom is -0.388 e. The highest BCUT2D eigenvalue weighted by Gasteiger charge is 2.11. The van der Waals surface area contributed by atoms with Gasteiger partial charge in [0.25, 0.3) is 10.2 Å². The summed E-state index contributed by atoms with van der Waals surface area (Å²) in [6, 6.07) is 7.56. The molecular formula is C11H18N2O3S. The highest BCUT2D eigenvalue weighted by atomic mass is 32.2. The molecule has 4 N–H and O–H groups in total. The van der Waals surface area contributed by atoms with E-state index in [1.54, 1.807) is 0 Å². The van der Waals surface area contributed by atoms with E-state index in [9.17, 15) is 13.5 Å². The number of aryl methyl sites for hydroxylation is 1. The van der Waals surface area contributed by atoms with Crippen LogP contribution in [-0.2, 0) is 16.6 Å². The molecule has 1 rings (SSSR count). The van der Waals surface area contributed by atoms with Gasteiger partial charge in [0, 0.05) is 6.54 Å². The number of aliphatic hydroxyl groups excluding tert-OH is 1. The van der Waals surface area contributed by atoms with Crippen LogP contribution < -0.4 is 9.86 Å². The first-order valence-electron chi connectivity index (χ1n) is 5.47. The van der Waals surface area contributed by atoms with E-state index < -0.39 is 16.3 Å². The van der Waals surface area contributed by atoms with Crippen LogP contribution in [0.1, 0.15) is 30.6 Å². The minimum absolute atomic E-state index is 0.123. The second-order valence-corrected chi connectivity index (χ2v) is 5.17. The van der Waals surface area contributed by atoms with Crippen molar-refractivity contribution < 1.29 is 13.5 Å². The third-order valence-corrected chi connectivity index (χ3v) is 3.12. The van der Waals surface area contributed by atoms with Crippen LogP contribution in [0.2, 0.25) is 0 Å². The predicted octanol–water partition coefficient (Wildman–Crippen LogP) is 0.466. The second kappa shape index (κ2) is 6.11. The first-order valence-corrected chi connectivity index (χ1v) is 7.02. The maximum Gasteiger partial charge on any atom is 0.274 e. The summed E-state index contributed by atoms with van der Waals surface area (Å²) < 4.78 is 23.5. The van der Waals surface area contributed by atoms with Crippen LogP contribution in [0.25, 0.3) is 0 Å². The van der Waals surface area contributed by atoms with Gasteiger partial charge in [0.1, 0.15) is 0 Å². The molecule has 1 aromatic carbocycles. The molecule has 0 saturated carbocycles. The summed E-state index contributed by atoms with van der Waals surface area (Å²) in [5.74, 6) is 0. The number of nitrogens with one attached hydrogen (secondary N) is 1. The van der Waals surface area contributed by atoms with Gasteiger partial charge in [-0.25, -0.2) is 9.86 Å². The summed E-state index contributed by atoms with van der Waals surface area (Å²) >= 11 is 0. The largest absolute Gasteiger partial charge is 0.388 e. The van der Waals surface area contributed by atoms with Crippen LogP contribution in [0.15, 0.2) is 24.3 Å². The first-order chi connectivity index (χ1) is 7.94. The first kappa shape index (κ1) is 14.1. The Morgan fingerprint density at radius 3 is 2.65 bits per heavy atom. The zero-order valence-corrected chi connectivity index (χ0v) is 10.6. The van der Waals surface area contributed by atoms with E-state index in [1.807, 2.05) is 31.2 Å². The van der Waals surface area contributed by atoms with Gasteiger partial charge in [-0.3, -0.25) is 0 Å². The molecule has 0 saturated heterocycles. The number of hydrogen-bond donors (Lipinski definition) is 3. The summed E-state index contributed by atoms with van der Waals surface area (Å²) in [4.78, 5) is 0. The molecule has 0 aliphatic rings. The van der Waals surface area contributed by atoms with Gasteiger partial charge >= 0.3 is 0 Å². The number of benzene rings is 1. The van der Waals surface area contributed by atoms with Crippen molar-refractivity contribution in [3.8, 4) is 0 Å². The molecule has 0 spiro atoms. The highest BCUT2D eigenvalue weighted by Crippen LogP contribution is 2.20. The van der Waals surface area contributed by atoms with Crippen LogP contribution in [-0.4, -0.2) is 20.1 Å². The lowest BCUT2D eigenvalue weighted by Gasteiger charge is -2.14. The van der Waals surface area contributed by atoms with Crippen molar-refractivity contribution in [2.45, 2.75) is 25.9 Å². The number of aliphatic hydroxyl groups is 1. The molecule has 0 fully saturated rings. The number of rotatable bonds is 6. The Balaban J connectivity index is 2.61. The lowest BCUT2D eigenvalue weighted by molar-refractivity contribution is 0.168. The van der Waals surface area contributed by atoms with E-state index in [0.717, 1.165) is 17.5 Å². The van der Waals surface area contributed by atoms with E-state index in [0.29, 0.717) is 6.42 Å². The molecule has 0 amide bonds. The Morgan fingerprint density at radius 2 is 2.06 bits per heavy atom. The van der Waals surface area contributed by atoms with E-state index in [1.165, 1.54) is 0 Å². The average Bonchev–Trinajstić information content (AvgIpc) is 2.27. The summed E-state index contributed by atoms with van der Waals surface area (Å²) in [5, 5.41) is 14.7. The van der Waals surface area contributed by atoms with Crippen molar-refractivity contribution in [1.82, 2.24) is 4.72 Å². The lowest BCUT2D eigenvalue weighted by atomic mass is 9.99. The van der Waals surface area contributed by atoms with E-state index in [4.69, 9.17) is 5.14 Å². The van der Waals surface area contributed by atoms with Crippen LogP contribution >= 0.6 is 0 Å². The molecule has 1 atom stereocenters. The zero-order valence-electron chi connectivity index (χ0n) is 9.76. The summed E-state index contributed by atoms with van der Waals surface area (Å²) in [5.41, 5.74) is 1.90. The fourth-order valence-electron chi connectivity index (χ4n) is 1.67. The van der Waals surface area contributed by atoms with Gasteiger partial charge in [0.05, 0.1) is 6.10 Å². The van der Waals surface area contributed by atoms with Crippen molar-refractivity contribution in [3.05, 3.63) is 35.4 Å². The zero-order chi connectivity index (χ0) is 12.9. The van der Waals surface area contributed by atoms with Crippen molar-refractivity contribution >= 4 is 10.2 Å². The maximum atomic E-state index is 10.7. The summed E-state index contributed by atoms with van der Waals surface area (Å²) in [7, 11) is -3.68. The van der Waals surface area contributed by atoms with E-state index in [2.05, 4.69) is 4.72 Å². The Bertz CT molecular complexity index is 460. The van der Waals surface area contributed by atoms with Gasteiger partial charge in [-0.05, 0) is 24.0 Å². The van der Waals surface area contributed by atoms with Gasteiger partial charge in [0.2, 0.25) is 0 Å². The smallest absolute Gasteiger partial charge is 0.274 e.